The Kier molecular flexibility index (Phi) is 7.17. The maximum absolute atomic E-state index is 6.52. The topological polar surface area (TPSA) is 21.7 Å². The van der Waals surface area contributed by atoms with Crippen LogP contribution in [0.25, 0.3) is 33.4 Å². The molecular formula is C48H46BNO2. The molecule has 1 fully saturated rings. The van der Waals surface area contributed by atoms with E-state index in [1.165, 1.54) is 55.6 Å². The molecule has 0 amide bonds. The van der Waals surface area contributed by atoms with Gasteiger partial charge in [-0.2, -0.15) is 0 Å². The molecule has 0 unspecified atom stereocenters. The van der Waals surface area contributed by atoms with Gasteiger partial charge in [-0.05, 0) is 125 Å². The van der Waals surface area contributed by atoms with Crippen LogP contribution in [0.1, 0.15) is 77.6 Å². The summed E-state index contributed by atoms with van der Waals surface area (Å²) in [7, 11) is -0.413. The quantitative estimate of drug-likeness (QED) is 0.169. The highest BCUT2D eigenvalue weighted by Gasteiger charge is 2.52. The van der Waals surface area contributed by atoms with E-state index in [4.69, 9.17) is 9.31 Å². The molecule has 1 aliphatic heterocycles. The molecule has 1 saturated heterocycles. The van der Waals surface area contributed by atoms with E-state index in [9.17, 15) is 0 Å². The van der Waals surface area contributed by atoms with Crippen LogP contribution in [0.2, 0.25) is 0 Å². The summed E-state index contributed by atoms with van der Waals surface area (Å²) in [6, 6.07) is 49.4. The normalized spacial score (nSPS) is 18.0. The van der Waals surface area contributed by atoms with E-state index in [1.807, 2.05) is 0 Å². The Morgan fingerprint density at radius 1 is 0.404 bits per heavy atom. The molecule has 1 heterocycles. The fourth-order valence-electron chi connectivity index (χ4n) is 8.75. The monoisotopic (exact) mass is 679 g/mol. The lowest BCUT2D eigenvalue weighted by molar-refractivity contribution is 0.00578. The van der Waals surface area contributed by atoms with E-state index in [-0.39, 0.29) is 10.8 Å². The molecule has 6 aromatic carbocycles. The van der Waals surface area contributed by atoms with E-state index in [2.05, 4.69) is 194 Å². The average Bonchev–Trinajstić information content (AvgIpc) is 3.61. The smallest absolute Gasteiger partial charge is 0.399 e. The van der Waals surface area contributed by atoms with Gasteiger partial charge in [0.1, 0.15) is 0 Å². The highest BCUT2D eigenvalue weighted by molar-refractivity contribution is 6.62. The second-order valence-electron chi connectivity index (χ2n) is 16.9. The van der Waals surface area contributed by atoms with E-state index in [1.54, 1.807) is 0 Å². The van der Waals surface area contributed by atoms with E-state index in [0.717, 1.165) is 22.5 Å². The van der Waals surface area contributed by atoms with Gasteiger partial charge in [-0.3, -0.25) is 0 Å². The molecular weight excluding hydrogens is 633 g/mol. The van der Waals surface area contributed by atoms with Crippen molar-refractivity contribution >= 4 is 29.6 Å². The van der Waals surface area contributed by atoms with Crippen molar-refractivity contribution in [1.82, 2.24) is 0 Å². The van der Waals surface area contributed by atoms with Gasteiger partial charge in [-0.15, -0.1) is 0 Å². The summed E-state index contributed by atoms with van der Waals surface area (Å²) >= 11 is 0. The number of benzene rings is 6. The SMILES string of the molecule is CC1(C)c2ccc(B3OC(C)(C)C(C)(C)O3)cc2-c2cc(N(c3ccc(-c4ccccc4)cc3)c3ccc4c(c3)C(C)(C)c3ccccc3-4)ccc21. The zero-order valence-electron chi connectivity index (χ0n) is 31.5. The molecule has 2 aliphatic carbocycles. The molecule has 0 spiro atoms. The lowest BCUT2D eigenvalue weighted by atomic mass is 9.76. The number of anilines is 3. The van der Waals surface area contributed by atoms with Crippen molar-refractivity contribution in [3.8, 4) is 33.4 Å². The van der Waals surface area contributed by atoms with Gasteiger partial charge in [0.05, 0.1) is 11.2 Å². The van der Waals surface area contributed by atoms with E-state index in [0.29, 0.717) is 0 Å². The fourth-order valence-corrected chi connectivity index (χ4v) is 8.75. The summed E-state index contributed by atoms with van der Waals surface area (Å²) in [5, 5.41) is 0. The number of nitrogens with zero attached hydrogens (tertiary/aromatic N) is 1. The molecule has 6 aromatic rings. The Balaban J connectivity index is 1.19. The van der Waals surface area contributed by atoms with E-state index < -0.39 is 18.3 Å². The first-order valence-corrected chi connectivity index (χ1v) is 18.6. The highest BCUT2D eigenvalue weighted by atomic mass is 16.7. The summed E-state index contributed by atoms with van der Waals surface area (Å²) in [4.78, 5) is 2.43. The lowest BCUT2D eigenvalue weighted by Gasteiger charge is -2.32. The standard InChI is InChI=1S/C48H46BNO2/c1-45(2)42-26-20-33(49-51-47(5,6)48(7,8)52-49)28-39(42)40-29-35(24-27-43(40)45)50(34-21-18-32(19-22-34)31-14-10-9-11-15-31)36-23-25-38-37-16-12-13-17-41(37)46(3,4)44(38)30-36/h9-30H,1-8H3. The van der Waals surface area contributed by atoms with Gasteiger partial charge in [-0.25, -0.2) is 0 Å². The molecule has 3 nitrogen and oxygen atoms in total. The Labute approximate surface area is 309 Å². The van der Waals surface area contributed by atoms with Crippen molar-refractivity contribution in [3.63, 3.8) is 0 Å². The largest absolute Gasteiger partial charge is 0.494 e. The summed E-state index contributed by atoms with van der Waals surface area (Å²) in [6.07, 6.45) is 0. The van der Waals surface area contributed by atoms with Crippen molar-refractivity contribution < 1.29 is 9.31 Å². The van der Waals surface area contributed by atoms with Gasteiger partial charge in [-0.1, -0.05) is 125 Å². The summed E-state index contributed by atoms with van der Waals surface area (Å²) < 4.78 is 13.0. The van der Waals surface area contributed by atoms with Gasteiger partial charge in [0.2, 0.25) is 0 Å². The number of rotatable bonds is 5. The van der Waals surface area contributed by atoms with E-state index >= 15 is 0 Å². The molecule has 0 atom stereocenters. The molecule has 0 N–H and O–H groups in total. The van der Waals surface area contributed by atoms with Crippen molar-refractivity contribution in [3.05, 3.63) is 156 Å². The molecule has 258 valence electrons. The number of fused-ring (bicyclic) bond motifs is 6. The number of hydrogen-bond donors (Lipinski definition) is 0. The predicted octanol–water partition coefficient (Wildman–Crippen LogP) is 11.7. The van der Waals surface area contributed by atoms with Crippen LogP contribution in [0.15, 0.2) is 133 Å². The molecule has 0 aromatic heterocycles. The van der Waals surface area contributed by atoms with Gasteiger partial charge >= 0.3 is 7.12 Å². The first-order valence-electron chi connectivity index (χ1n) is 18.6. The minimum absolute atomic E-state index is 0.102. The van der Waals surface area contributed by atoms with Crippen molar-refractivity contribution in [2.75, 3.05) is 4.90 Å². The number of hydrogen-bond acceptors (Lipinski definition) is 3. The minimum Gasteiger partial charge on any atom is -0.399 e. The van der Waals surface area contributed by atoms with Crippen LogP contribution >= 0.6 is 0 Å². The van der Waals surface area contributed by atoms with Gasteiger partial charge < -0.3 is 14.2 Å². The minimum atomic E-state index is -0.413. The summed E-state index contributed by atoms with van der Waals surface area (Å²) in [5.74, 6) is 0. The molecule has 0 bridgehead atoms. The van der Waals surface area contributed by atoms with Gasteiger partial charge in [0.15, 0.2) is 0 Å². The van der Waals surface area contributed by atoms with Gasteiger partial charge in [0, 0.05) is 27.9 Å². The fraction of sp³-hybridized carbons (Fsp3) is 0.250. The second-order valence-corrected chi connectivity index (χ2v) is 16.9. The van der Waals surface area contributed by atoms with Crippen LogP contribution in [0.5, 0.6) is 0 Å². The highest BCUT2D eigenvalue weighted by Crippen LogP contribution is 2.53. The van der Waals surface area contributed by atoms with Crippen LogP contribution < -0.4 is 10.4 Å². The first kappa shape index (κ1) is 33.0. The van der Waals surface area contributed by atoms with Crippen LogP contribution in [0.4, 0.5) is 17.1 Å². The molecule has 0 radical (unpaired) electrons. The van der Waals surface area contributed by atoms with Gasteiger partial charge in [0.25, 0.3) is 0 Å². The lowest BCUT2D eigenvalue weighted by Crippen LogP contribution is -2.41. The average molecular weight is 680 g/mol. The molecule has 52 heavy (non-hydrogen) atoms. The zero-order chi connectivity index (χ0) is 36.2. The molecule has 4 heteroatoms. The third kappa shape index (κ3) is 4.88. The third-order valence-electron chi connectivity index (χ3n) is 12.5. The maximum Gasteiger partial charge on any atom is 0.494 e. The molecule has 3 aliphatic rings. The predicted molar refractivity (Wildman–Crippen MR) is 217 cm³/mol. The molecule has 0 saturated carbocycles. The molecule has 9 rings (SSSR count). The van der Waals surface area contributed by atoms with Crippen LogP contribution in [0, 0.1) is 0 Å². The Morgan fingerprint density at radius 2 is 0.904 bits per heavy atom. The maximum atomic E-state index is 6.52. The zero-order valence-corrected chi connectivity index (χ0v) is 31.5. The summed E-state index contributed by atoms with van der Waals surface area (Å²) in [5.41, 5.74) is 16.4. The second kappa shape index (κ2) is 11.3. The van der Waals surface area contributed by atoms with Crippen LogP contribution in [0.3, 0.4) is 0 Å². The van der Waals surface area contributed by atoms with Crippen molar-refractivity contribution in [1.29, 1.82) is 0 Å². The van der Waals surface area contributed by atoms with Crippen molar-refractivity contribution in [2.45, 2.75) is 77.4 Å². The third-order valence-corrected chi connectivity index (χ3v) is 12.5. The Morgan fingerprint density at radius 3 is 1.62 bits per heavy atom. The summed E-state index contributed by atoms with van der Waals surface area (Å²) in [6.45, 7) is 17.8. The van der Waals surface area contributed by atoms with Crippen molar-refractivity contribution in [2.24, 2.45) is 0 Å². The first-order chi connectivity index (χ1) is 24.8. The van der Waals surface area contributed by atoms with Crippen LogP contribution in [-0.2, 0) is 20.1 Å². The Hall–Kier alpha value is -4.90. The van der Waals surface area contributed by atoms with Crippen LogP contribution in [-0.4, -0.2) is 18.3 Å². The Bertz CT molecular complexity index is 2360.